The van der Waals surface area contributed by atoms with Crippen LogP contribution in [0, 0.1) is 11.3 Å². The molecule has 1 unspecified atom stereocenters. The standard InChI is InChI=1S/C18H12BrF3N6O/c1-10(15-16(25-3-2-24-15)28-9-11(7-23)8-26-28)27-17(29)12-4-13(18(20,21)22)6-14(19)5-12/h2-6,8-10H,1H3,(H,27,29). The highest BCUT2D eigenvalue weighted by Crippen LogP contribution is 2.32. The van der Waals surface area contributed by atoms with Crippen LogP contribution in [0.15, 0.2) is 47.5 Å². The molecule has 0 aliphatic rings. The minimum Gasteiger partial charge on any atom is -0.344 e. The molecule has 1 amide bonds. The largest absolute Gasteiger partial charge is 0.416 e. The second-order valence-electron chi connectivity index (χ2n) is 5.97. The van der Waals surface area contributed by atoms with Crippen molar-refractivity contribution >= 4 is 21.8 Å². The van der Waals surface area contributed by atoms with Gasteiger partial charge in [0.05, 0.1) is 29.6 Å². The molecule has 0 saturated carbocycles. The number of carbonyl (C=O) groups excluding carboxylic acids is 1. The monoisotopic (exact) mass is 464 g/mol. The van der Waals surface area contributed by atoms with Gasteiger partial charge in [0.25, 0.3) is 5.91 Å². The molecule has 2 aromatic heterocycles. The number of hydrogen-bond donors (Lipinski definition) is 1. The van der Waals surface area contributed by atoms with E-state index in [4.69, 9.17) is 5.26 Å². The Kier molecular flexibility index (Phi) is 5.65. The first-order chi connectivity index (χ1) is 13.7. The van der Waals surface area contributed by atoms with E-state index in [9.17, 15) is 18.0 Å². The molecule has 0 bridgehead atoms. The molecule has 3 rings (SSSR count). The minimum atomic E-state index is -4.58. The molecule has 1 aromatic carbocycles. The average Bonchev–Trinajstić information content (AvgIpc) is 3.16. The summed E-state index contributed by atoms with van der Waals surface area (Å²) in [4.78, 5) is 20.9. The van der Waals surface area contributed by atoms with Gasteiger partial charge in [-0.2, -0.15) is 23.5 Å². The number of nitrogens with one attached hydrogen (secondary N) is 1. The zero-order valence-electron chi connectivity index (χ0n) is 14.8. The minimum absolute atomic E-state index is 0.130. The Hall–Kier alpha value is -3.26. The molecule has 0 aliphatic carbocycles. The number of amides is 1. The number of aromatic nitrogens is 4. The van der Waals surface area contributed by atoms with Crippen LogP contribution < -0.4 is 5.32 Å². The fourth-order valence-corrected chi connectivity index (χ4v) is 3.05. The van der Waals surface area contributed by atoms with Crippen molar-refractivity contribution in [2.45, 2.75) is 19.1 Å². The highest BCUT2D eigenvalue weighted by Gasteiger charge is 2.32. The molecule has 29 heavy (non-hydrogen) atoms. The molecule has 3 aromatic rings. The van der Waals surface area contributed by atoms with E-state index < -0.39 is 23.7 Å². The fraction of sp³-hybridized carbons (Fsp3) is 0.167. The second kappa shape index (κ2) is 8.00. The van der Waals surface area contributed by atoms with Crippen LogP contribution in [-0.4, -0.2) is 25.7 Å². The van der Waals surface area contributed by atoms with E-state index in [1.54, 1.807) is 6.92 Å². The summed E-state index contributed by atoms with van der Waals surface area (Å²) in [6, 6.07) is 4.21. The summed E-state index contributed by atoms with van der Waals surface area (Å²) >= 11 is 3.00. The van der Waals surface area contributed by atoms with Crippen molar-refractivity contribution in [3.8, 4) is 11.9 Å². The predicted octanol–water partition coefficient (Wildman–Crippen LogP) is 3.81. The van der Waals surface area contributed by atoms with Crippen LogP contribution in [0.2, 0.25) is 0 Å². The fourth-order valence-electron chi connectivity index (χ4n) is 2.55. The Bertz CT molecular complexity index is 1110. The third-order valence-corrected chi connectivity index (χ3v) is 4.34. The number of halogens is 4. The van der Waals surface area contributed by atoms with Gasteiger partial charge in [-0.25, -0.2) is 9.67 Å². The van der Waals surface area contributed by atoms with Gasteiger partial charge in [0.1, 0.15) is 11.8 Å². The van der Waals surface area contributed by atoms with Crippen LogP contribution in [0.25, 0.3) is 5.82 Å². The predicted molar refractivity (Wildman–Crippen MR) is 98.9 cm³/mol. The number of benzene rings is 1. The molecule has 0 aliphatic heterocycles. The van der Waals surface area contributed by atoms with Crippen molar-refractivity contribution in [2.75, 3.05) is 0 Å². The van der Waals surface area contributed by atoms with Gasteiger partial charge in [0, 0.05) is 22.4 Å². The lowest BCUT2D eigenvalue weighted by Gasteiger charge is -2.17. The number of alkyl halides is 3. The number of carbonyl (C=O) groups is 1. The van der Waals surface area contributed by atoms with Crippen molar-refractivity contribution in [1.29, 1.82) is 5.26 Å². The van der Waals surface area contributed by atoms with Gasteiger partial charge < -0.3 is 5.32 Å². The molecule has 7 nitrogen and oxygen atoms in total. The first-order valence-electron chi connectivity index (χ1n) is 8.13. The molecule has 0 saturated heterocycles. The molecular formula is C18H12BrF3N6O. The first-order valence-corrected chi connectivity index (χ1v) is 8.93. The lowest BCUT2D eigenvalue weighted by molar-refractivity contribution is -0.137. The van der Waals surface area contributed by atoms with Crippen LogP contribution in [0.5, 0.6) is 0 Å². The van der Waals surface area contributed by atoms with E-state index in [1.807, 2.05) is 6.07 Å². The molecule has 11 heteroatoms. The summed E-state index contributed by atoms with van der Waals surface area (Å²) in [6.07, 6.45) is 1.05. The smallest absolute Gasteiger partial charge is 0.344 e. The normalized spacial score (nSPS) is 12.3. The molecule has 0 radical (unpaired) electrons. The molecule has 148 valence electrons. The molecule has 1 N–H and O–H groups in total. The van der Waals surface area contributed by atoms with Gasteiger partial charge in [-0.15, -0.1) is 0 Å². The maximum absolute atomic E-state index is 13.0. The Balaban J connectivity index is 1.88. The van der Waals surface area contributed by atoms with Gasteiger partial charge in [-0.1, -0.05) is 15.9 Å². The Morgan fingerprint density at radius 2 is 2.00 bits per heavy atom. The molecular weight excluding hydrogens is 453 g/mol. The summed E-state index contributed by atoms with van der Waals surface area (Å²) in [5.74, 6) is -0.425. The van der Waals surface area contributed by atoms with Crippen LogP contribution >= 0.6 is 15.9 Å². The van der Waals surface area contributed by atoms with Crippen molar-refractivity contribution < 1.29 is 18.0 Å². The van der Waals surface area contributed by atoms with Crippen molar-refractivity contribution in [1.82, 2.24) is 25.1 Å². The van der Waals surface area contributed by atoms with Crippen LogP contribution in [0.1, 0.15) is 40.1 Å². The van der Waals surface area contributed by atoms with E-state index in [0.29, 0.717) is 11.3 Å². The number of nitriles is 1. The second-order valence-corrected chi connectivity index (χ2v) is 6.89. The average molecular weight is 465 g/mol. The topological polar surface area (TPSA) is 96.5 Å². The third kappa shape index (κ3) is 4.60. The van der Waals surface area contributed by atoms with Crippen molar-refractivity contribution in [3.05, 3.63) is 69.8 Å². The van der Waals surface area contributed by atoms with Gasteiger partial charge >= 0.3 is 6.18 Å². The van der Waals surface area contributed by atoms with Crippen LogP contribution in [0.4, 0.5) is 13.2 Å². The van der Waals surface area contributed by atoms with E-state index in [2.05, 4.69) is 36.3 Å². The first kappa shape index (κ1) is 20.5. The number of hydrogen-bond acceptors (Lipinski definition) is 5. The maximum atomic E-state index is 13.0. The maximum Gasteiger partial charge on any atom is 0.416 e. The van der Waals surface area contributed by atoms with Crippen molar-refractivity contribution in [3.63, 3.8) is 0 Å². The van der Waals surface area contributed by atoms with Crippen LogP contribution in [-0.2, 0) is 6.18 Å². The molecule has 2 heterocycles. The third-order valence-electron chi connectivity index (χ3n) is 3.88. The van der Waals surface area contributed by atoms with E-state index in [-0.39, 0.29) is 15.9 Å². The Labute approximate surface area is 171 Å². The van der Waals surface area contributed by atoms with Gasteiger partial charge in [0.2, 0.25) is 0 Å². The highest BCUT2D eigenvalue weighted by atomic mass is 79.9. The Morgan fingerprint density at radius 3 is 2.66 bits per heavy atom. The zero-order valence-corrected chi connectivity index (χ0v) is 16.4. The summed E-state index contributed by atoms with van der Waals surface area (Å²) in [5, 5.41) is 15.6. The van der Waals surface area contributed by atoms with E-state index >= 15 is 0 Å². The zero-order chi connectivity index (χ0) is 21.2. The lowest BCUT2D eigenvalue weighted by Crippen LogP contribution is -2.28. The Morgan fingerprint density at radius 1 is 1.28 bits per heavy atom. The molecule has 1 atom stereocenters. The number of nitrogens with zero attached hydrogens (tertiary/aromatic N) is 5. The van der Waals surface area contributed by atoms with Gasteiger partial charge in [-0.3, -0.25) is 9.78 Å². The summed E-state index contributed by atoms with van der Waals surface area (Å²) < 4.78 is 40.5. The van der Waals surface area contributed by atoms with E-state index in [1.165, 1.54) is 35.5 Å². The summed E-state index contributed by atoms with van der Waals surface area (Å²) in [7, 11) is 0. The van der Waals surface area contributed by atoms with Crippen LogP contribution in [0.3, 0.4) is 0 Å². The van der Waals surface area contributed by atoms with E-state index in [0.717, 1.165) is 12.1 Å². The van der Waals surface area contributed by atoms with Gasteiger partial charge in [-0.05, 0) is 25.1 Å². The number of rotatable bonds is 4. The molecule has 0 spiro atoms. The lowest BCUT2D eigenvalue weighted by atomic mass is 10.1. The summed E-state index contributed by atoms with van der Waals surface area (Å²) in [6.45, 7) is 1.61. The molecule has 0 fully saturated rings. The SMILES string of the molecule is CC(NC(=O)c1cc(Br)cc(C(F)(F)F)c1)c1nccnc1-n1cc(C#N)cn1. The quantitative estimate of drug-likeness (QED) is 0.633. The van der Waals surface area contributed by atoms with Gasteiger partial charge in [0.15, 0.2) is 5.82 Å². The van der Waals surface area contributed by atoms with Crippen molar-refractivity contribution in [2.24, 2.45) is 0 Å². The summed E-state index contributed by atoms with van der Waals surface area (Å²) in [5.41, 5.74) is -0.452. The highest BCUT2D eigenvalue weighted by molar-refractivity contribution is 9.10.